The minimum absolute atomic E-state index is 0.163. The fraction of sp³-hybridized carbons (Fsp3) is 0.273. The Morgan fingerprint density at radius 2 is 2.14 bits per heavy atom. The molecular formula is C11H13FN2. The molecule has 0 amide bonds. The zero-order valence-electron chi connectivity index (χ0n) is 8.34. The number of hydrogen-bond acceptors (Lipinski definition) is 1. The van der Waals surface area contributed by atoms with Gasteiger partial charge in [-0.3, -0.25) is 0 Å². The number of hydrogen-bond donors (Lipinski definition) is 1. The maximum absolute atomic E-state index is 13.3. The minimum Gasteiger partial charge on any atom is -0.357 e. The van der Waals surface area contributed by atoms with Gasteiger partial charge in [0.1, 0.15) is 5.82 Å². The summed E-state index contributed by atoms with van der Waals surface area (Å²) in [5.41, 5.74) is 1.90. The molecule has 2 rings (SSSR count). The van der Waals surface area contributed by atoms with Crippen LogP contribution in [0.3, 0.4) is 0 Å². The summed E-state index contributed by atoms with van der Waals surface area (Å²) in [6, 6.07) is 6.95. The highest BCUT2D eigenvalue weighted by Crippen LogP contribution is 2.18. The topological polar surface area (TPSA) is 19.0 Å². The normalized spacial score (nSPS) is 11.4. The Kier molecular flexibility index (Phi) is 2.25. The third-order valence-corrected chi connectivity index (χ3v) is 2.15. The van der Waals surface area contributed by atoms with Crippen LogP contribution in [-0.4, -0.2) is 24.0 Å². The molecule has 0 aliphatic rings. The Morgan fingerprint density at radius 1 is 1.36 bits per heavy atom. The van der Waals surface area contributed by atoms with E-state index in [-0.39, 0.29) is 5.82 Å². The van der Waals surface area contributed by atoms with Crippen molar-refractivity contribution in [3.05, 3.63) is 35.8 Å². The van der Waals surface area contributed by atoms with Crippen LogP contribution >= 0.6 is 0 Å². The summed E-state index contributed by atoms with van der Waals surface area (Å²) in [6.45, 7) is 0.800. The molecule has 1 aromatic carbocycles. The SMILES string of the molecule is CN(C)Cc1cc2c(F)cccc2[nH]1. The first-order valence-corrected chi connectivity index (χ1v) is 4.57. The first-order chi connectivity index (χ1) is 6.66. The van der Waals surface area contributed by atoms with E-state index >= 15 is 0 Å². The lowest BCUT2D eigenvalue weighted by molar-refractivity contribution is 0.398. The average Bonchev–Trinajstić information content (AvgIpc) is 2.47. The van der Waals surface area contributed by atoms with Crippen molar-refractivity contribution >= 4 is 10.9 Å². The summed E-state index contributed by atoms with van der Waals surface area (Å²) in [7, 11) is 3.98. The standard InChI is InChI=1S/C11H13FN2/c1-14(2)7-8-6-9-10(12)4-3-5-11(9)13-8/h3-6,13H,7H2,1-2H3. The van der Waals surface area contributed by atoms with Crippen LogP contribution in [0.1, 0.15) is 5.69 Å². The van der Waals surface area contributed by atoms with Gasteiger partial charge in [0.05, 0.1) is 0 Å². The second-order valence-electron chi connectivity index (χ2n) is 3.73. The number of rotatable bonds is 2. The Bertz CT molecular complexity index is 445. The van der Waals surface area contributed by atoms with Crippen LogP contribution in [0.4, 0.5) is 4.39 Å². The fourth-order valence-electron chi connectivity index (χ4n) is 1.60. The predicted octanol–water partition coefficient (Wildman–Crippen LogP) is 2.37. The maximum atomic E-state index is 13.3. The van der Waals surface area contributed by atoms with Gasteiger partial charge in [-0.05, 0) is 32.3 Å². The molecule has 0 bridgehead atoms. The molecule has 1 N–H and O–H groups in total. The molecule has 14 heavy (non-hydrogen) atoms. The molecule has 3 heteroatoms. The van der Waals surface area contributed by atoms with Crippen molar-refractivity contribution in [1.82, 2.24) is 9.88 Å². The van der Waals surface area contributed by atoms with Gasteiger partial charge in [-0.2, -0.15) is 0 Å². The van der Waals surface area contributed by atoms with Gasteiger partial charge in [0.15, 0.2) is 0 Å². The lowest BCUT2D eigenvalue weighted by Crippen LogP contribution is -2.10. The number of H-pyrrole nitrogens is 1. The van der Waals surface area contributed by atoms with Crippen molar-refractivity contribution in [2.75, 3.05) is 14.1 Å². The van der Waals surface area contributed by atoms with Gasteiger partial charge in [0.25, 0.3) is 0 Å². The monoisotopic (exact) mass is 192 g/mol. The van der Waals surface area contributed by atoms with Gasteiger partial charge in [-0.25, -0.2) is 4.39 Å². The molecule has 2 nitrogen and oxygen atoms in total. The van der Waals surface area contributed by atoms with Gasteiger partial charge in [0, 0.05) is 23.1 Å². The lowest BCUT2D eigenvalue weighted by atomic mass is 10.2. The summed E-state index contributed by atoms with van der Waals surface area (Å²) in [5.74, 6) is -0.163. The molecule has 1 heterocycles. The van der Waals surface area contributed by atoms with Crippen molar-refractivity contribution in [2.24, 2.45) is 0 Å². The van der Waals surface area contributed by atoms with Crippen LogP contribution in [0.5, 0.6) is 0 Å². The van der Waals surface area contributed by atoms with E-state index in [1.165, 1.54) is 6.07 Å². The number of nitrogens with one attached hydrogen (secondary N) is 1. The van der Waals surface area contributed by atoms with Crippen LogP contribution in [0.15, 0.2) is 24.3 Å². The number of aromatic amines is 1. The van der Waals surface area contributed by atoms with Crippen LogP contribution in [0.2, 0.25) is 0 Å². The molecule has 0 aliphatic heterocycles. The van der Waals surface area contributed by atoms with Gasteiger partial charge in [0.2, 0.25) is 0 Å². The molecule has 2 aromatic rings. The molecule has 0 spiro atoms. The Balaban J connectivity index is 2.46. The summed E-state index contributed by atoms with van der Waals surface area (Å²) in [5, 5.41) is 0.671. The Morgan fingerprint density at radius 3 is 2.79 bits per heavy atom. The largest absolute Gasteiger partial charge is 0.357 e. The second-order valence-corrected chi connectivity index (χ2v) is 3.73. The quantitative estimate of drug-likeness (QED) is 0.774. The third-order valence-electron chi connectivity index (χ3n) is 2.15. The van der Waals surface area contributed by atoms with E-state index in [1.807, 2.05) is 31.1 Å². The highest BCUT2D eigenvalue weighted by molar-refractivity contribution is 5.80. The molecule has 0 unspecified atom stereocenters. The Labute approximate surface area is 82.3 Å². The van der Waals surface area contributed by atoms with Crippen molar-refractivity contribution in [1.29, 1.82) is 0 Å². The zero-order chi connectivity index (χ0) is 10.1. The van der Waals surface area contributed by atoms with Crippen molar-refractivity contribution in [2.45, 2.75) is 6.54 Å². The van der Waals surface area contributed by atoms with Crippen molar-refractivity contribution in [3.63, 3.8) is 0 Å². The highest BCUT2D eigenvalue weighted by atomic mass is 19.1. The second kappa shape index (κ2) is 3.42. The van der Waals surface area contributed by atoms with E-state index in [0.29, 0.717) is 5.39 Å². The molecular weight excluding hydrogens is 179 g/mol. The molecule has 0 radical (unpaired) electrons. The molecule has 1 aromatic heterocycles. The van der Waals surface area contributed by atoms with Crippen molar-refractivity contribution < 1.29 is 4.39 Å². The molecule has 0 aliphatic carbocycles. The minimum atomic E-state index is -0.163. The molecule has 0 fully saturated rings. The van der Waals surface area contributed by atoms with E-state index in [0.717, 1.165) is 17.8 Å². The van der Waals surface area contributed by atoms with Crippen LogP contribution in [-0.2, 0) is 6.54 Å². The van der Waals surface area contributed by atoms with Gasteiger partial charge in [-0.15, -0.1) is 0 Å². The maximum Gasteiger partial charge on any atom is 0.132 e. The number of halogens is 1. The number of aromatic nitrogens is 1. The Hall–Kier alpha value is -1.35. The van der Waals surface area contributed by atoms with E-state index in [1.54, 1.807) is 6.07 Å². The van der Waals surface area contributed by atoms with Crippen LogP contribution < -0.4 is 0 Å². The van der Waals surface area contributed by atoms with E-state index in [4.69, 9.17) is 0 Å². The number of benzene rings is 1. The molecule has 0 saturated carbocycles. The number of fused-ring (bicyclic) bond motifs is 1. The van der Waals surface area contributed by atoms with Gasteiger partial charge < -0.3 is 9.88 Å². The molecule has 74 valence electrons. The third kappa shape index (κ3) is 1.63. The van der Waals surface area contributed by atoms with Crippen LogP contribution in [0.25, 0.3) is 10.9 Å². The smallest absolute Gasteiger partial charge is 0.132 e. The van der Waals surface area contributed by atoms with Crippen LogP contribution in [0, 0.1) is 5.82 Å². The number of nitrogens with zero attached hydrogens (tertiary/aromatic N) is 1. The lowest BCUT2D eigenvalue weighted by Gasteiger charge is -2.06. The van der Waals surface area contributed by atoms with E-state index < -0.39 is 0 Å². The fourth-order valence-corrected chi connectivity index (χ4v) is 1.60. The van der Waals surface area contributed by atoms with Crippen molar-refractivity contribution in [3.8, 4) is 0 Å². The van der Waals surface area contributed by atoms with E-state index in [2.05, 4.69) is 4.98 Å². The molecule has 0 atom stereocenters. The zero-order valence-corrected chi connectivity index (χ0v) is 8.34. The van der Waals surface area contributed by atoms with Gasteiger partial charge in [-0.1, -0.05) is 6.07 Å². The summed E-state index contributed by atoms with van der Waals surface area (Å²) in [4.78, 5) is 5.23. The van der Waals surface area contributed by atoms with E-state index in [9.17, 15) is 4.39 Å². The average molecular weight is 192 g/mol. The predicted molar refractivity (Wildman–Crippen MR) is 55.6 cm³/mol. The molecule has 0 saturated heterocycles. The first kappa shape index (κ1) is 9.21. The highest BCUT2D eigenvalue weighted by Gasteiger charge is 2.04. The summed E-state index contributed by atoms with van der Waals surface area (Å²) < 4.78 is 13.3. The summed E-state index contributed by atoms with van der Waals surface area (Å²) in [6.07, 6.45) is 0. The summed E-state index contributed by atoms with van der Waals surface area (Å²) >= 11 is 0. The first-order valence-electron chi connectivity index (χ1n) is 4.57. The van der Waals surface area contributed by atoms with Gasteiger partial charge >= 0.3 is 0 Å².